The van der Waals surface area contributed by atoms with Gasteiger partial charge in [0, 0.05) is 30.9 Å². The van der Waals surface area contributed by atoms with Crippen LogP contribution in [0.3, 0.4) is 0 Å². The van der Waals surface area contributed by atoms with Crippen LogP contribution in [-0.4, -0.2) is 49.8 Å². The van der Waals surface area contributed by atoms with Crippen LogP contribution in [-0.2, 0) is 24.1 Å². The molecule has 2 aromatic rings. The zero-order valence-corrected chi connectivity index (χ0v) is 16.2. The molecule has 6 nitrogen and oxygen atoms in total. The summed E-state index contributed by atoms with van der Waals surface area (Å²) in [5, 5.41) is 23.0. The number of nitrogens with zero attached hydrogens (tertiary/aromatic N) is 2. The van der Waals surface area contributed by atoms with Gasteiger partial charge in [-0.25, -0.2) is 8.51 Å². The second kappa shape index (κ2) is 7.50. The summed E-state index contributed by atoms with van der Waals surface area (Å²) in [5.41, 5.74) is 3.44. The number of anilines is 1. The molecule has 2 aliphatic heterocycles. The minimum absolute atomic E-state index is 0.0393. The van der Waals surface area contributed by atoms with Crippen LogP contribution in [0.25, 0.3) is 0 Å². The van der Waals surface area contributed by atoms with Crippen LogP contribution in [0.15, 0.2) is 41.3 Å². The van der Waals surface area contributed by atoms with E-state index in [0.29, 0.717) is 24.0 Å². The SMILES string of the molecule is CN1CCC(Nc2ccc3c(c2)CN(S(=O)c2ccc(O)cc2O)C3)CC1. The Hall–Kier alpha value is -2.09. The largest absolute Gasteiger partial charge is 0.508 e. The minimum Gasteiger partial charge on any atom is -0.508 e. The number of nitrogens with one attached hydrogen (secondary N) is 1. The van der Waals surface area contributed by atoms with E-state index in [4.69, 9.17) is 0 Å². The van der Waals surface area contributed by atoms with E-state index < -0.39 is 11.0 Å². The zero-order valence-electron chi connectivity index (χ0n) is 15.4. The monoisotopic (exact) mass is 387 g/mol. The van der Waals surface area contributed by atoms with Crippen LogP contribution in [0.5, 0.6) is 11.5 Å². The lowest BCUT2D eigenvalue weighted by Crippen LogP contribution is -2.36. The van der Waals surface area contributed by atoms with E-state index in [-0.39, 0.29) is 11.5 Å². The Morgan fingerprint density at radius 3 is 2.52 bits per heavy atom. The summed E-state index contributed by atoms with van der Waals surface area (Å²) in [7, 11) is 0.684. The molecule has 3 N–H and O–H groups in total. The maximum Gasteiger partial charge on any atom is 0.136 e. The molecule has 144 valence electrons. The molecular weight excluding hydrogens is 362 g/mol. The first kappa shape index (κ1) is 18.3. The number of phenols is 2. The Labute approximate surface area is 162 Å². The standard InChI is InChI=1S/C20H25N3O3S/c1-22-8-6-16(7-9-22)21-17-3-2-14-12-23(13-15(14)10-17)27(26)20-5-4-18(24)11-19(20)25/h2-5,10-11,16,21,24-25H,6-9,12-13H2,1H3. The fourth-order valence-electron chi connectivity index (χ4n) is 3.75. The molecule has 0 spiro atoms. The molecule has 1 unspecified atom stereocenters. The predicted octanol–water partition coefficient (Wildman–Crippen LogP) is 2.64. The molecule has 1 atom stereocenters. The maximum atomic E-state index is 12.9. The van der Waals surface area contributed by atoms with Gasteiger partial charge < -0.3 is 20.4 Å². The summed E-state index contributed by atoms with van der Waals surface area (Å²) in [6.45, 7) is 3.39. The highest BCUT2D eigenvalue weighted by Gasteiger charge is 2.26. The number of aromatic hydroxyl groups is 2. The number of rotatable bonds is 4. The van der Waals surface area contributed by atoms with Crippen LogP contribution in [0.4, 0.5) is 5.69 Å². The van der Waals surface area contributed by atoms with Crippen LogP contribution in [0, 0.1) is 0 Å². The molecule has 0 bridgehead atoms. The van der Waals surface area contributed by atoms with E-state index in [1.165, 1.54) is 23.8 Å². The van der Waals surface area contributed by atoms with Gasteiger partial charge in [-0.1, -0.05) is 6.07 Å². The molecule has 1 fully saturated rings. The molecule has 2 heterocycles. The van der Waals surface area contributed by atoms with Gasteiger partial charge in [0.2, 0.25) is 0 Å². The van der Waals surface area contributed by atoms with Gasteiger partial charge >= 0.3 is 0 Å². The summed E-state index contributed by atoms with van der Waals surface area (Å²) in [4.78, 5) is 2.68. The van der Waals surface area contributed by atoms with Gasteiger partial charge in [0.25, 0.3) is 0 Å². The second-order valence-corrected chi connectivity index (χ2v) is 8.86. The van der Waals surface area contributed by atoms with Crippen molar-refractivity contribution in [2.75, 3.05) is 25.5 Å². The fraction of sp³-hybridized carbons (Fsp3) is 0.400. The van der Waals surface area contributed by atoms with E-state index >= 15 is 0 Å². The Morgan fingerprint density at radius 2 is 1.78 bits per heavy atom. The number of likely N-dealkylation sites (tertiary alicyclic amines) is 1. The zero-order chi connectivity index (χ0) is 19.0. The van der Waals surface area contributed by atoms with Gasteiger partial charge in [0.05, 0.1) is 4.90 Å². The van der Waals surface area contributed by atoms with Gasteiger partial charge in [-0.3, -0.25) is 0 Å². The predicted molar refractivity (Wildman–Crippen MR) is 106 cm³/mol. The number of hydrogen-bond donors (Lipinski definition) is 3. The Morgan fingerprint density at radius 1 is 1.04 bits per heavy atom. The Bertz CT molecular complexity index is 866. The average Bonchev–Trinajstić information content (AvgIpc) is 3.06. The number of piperidine rings is 1. The molecule has 7 heteroatoms. The fourth-order valence-corrected chi connectivity index (χ4v) is 4.96. The van der Waals surface area contributed by atoms with Crippen LogP contribution in [0.2, 0.25) is 0 Å². The molecule has 0 saturated carbocycles. The number of hydrogen-bond acceptors (Lipinski definition) is 5. The smallest absolute Gasteiger partial charge is 0.136 e. The first-order valence-electron chi connectivity index (χ1n) is 9.25. The lowest BCUT2D eigenvalue weighted by molar-refractivity contribution is 0.264. The van der Waals surface area contributed by atoms with Crippen LogP contribution in [0.1, 0.15) is 24.0 Å². The molecule has 4 rings (SSSR count). The van der Waals surface area contributed by atoms with E-state index in [1.54, 1.807) is 0 Å². The highest BCUT2D eigenvalue weighted by molar-refractivity contribution is 7.82. The average molecular weight is 388 g/mol. The topological polar surface area (TPSA) is 76.0 Å². The molecule has 2 aromatic carbocycles. The van der Waals surface area contributed by atoms with E-state index in [0.717, 1.165) is 37.2 Å². The normalized spacial score (nSPS) is 19.7. The Kier molecular flexibility index (Phi) is 5.08. The summed E-state index contributed by atoms with van der Waals surface area (Å²) < 4.78 is 14.7. The summed E-state index contributed by atoms with van der Waals surface area (Å²) >= 11 is 0. The third kappa shape index (κ3) is 3.95. The molecule has 0 radical (unpaired) electrons. The van der Waals surface area contributed by atoms with Crippen molar-refractivity contribution in [3.05, 3.63) is 47.5 Å². The number of benzene rings is 2. The molecule has 0 amide bonds. The van der Waals surface area contributed by atoms with Gasteiger partial charge in [-0.05, 0) is 68.4 Å². The first-order chi connectivity index (χ1) is 13.0. The quantitative estimate of drug-likeness (QED) is 0.752. The molecule has 1 saturated heterocycles. The van der Waals surface area contributed by atoms with Crippen LogP contribution < -0.4 is 5.32 Å². The molecule has 0 aliphatic carbocycles. The Balaban J connectivity index is 1.45. The highest BCUT2D eigenvalue weighted by atomic mass is 32.2. The van der Waals surface area contributed by atoms with E-state index in [2.05, 4.69) is 35.5 Å². The van der Waals surface area contributed by atoms with Crippen molar-refractivity contribution in [1.29, 1.82) is 0 Å². The summed E-state index contributed by atoms with van der Waals surface area (Å²) in [6, 6.07) is 11.0. The number of fused-ring (bicyclic) bond motifs is 1. The molecule has 0 aromatic heterocycles. The third-order valence-electron chi connectivity index (χ3n) is 5.35. The summed E-state index contributed by atoms with van der Waals surface area (Å²) in [6.07, 6.45) is 2.29. The van der Waals surface area contributed by atoms with Crippen molar-refractivity contribution in [2.24, 2.45) is 0 Å². The van der Waals surface area contributed by atoms with E-state index in [1.807, 2.05) is 4.31 Å². The molecule has 27 heavy (non-hydrogen) atoms. The van der Waals surface area contributed by atoms with Crippen molar-refractivity contribution in [3.8, 4) is 11.5 Å². The van der Waals surface area contributed by atoms with Gasteiger partial charge in [-0.15, -0.1) is 0 Å². The van der Waals surface area contributed by atoms with Gasteiger partial charge in [0.15, 0.2) is 0 Å². The number of phenolic OH excluding ortho intramolecular Hbond substituents is 2. The molecular formula is C20H25N3O3S. The van der Waals surface area contributed by atoms with Crippen molar-refractivity contribution < 1.29 is 14.4 Å². The highest BCUT2D eigenvalue weighted by Crippen LogP contribution is 2.33. The third-order valence-corrected chi connectivity index (χ3v) is 6.80. The van der Waals surface area contributed by atoms with Gasteiger partial charge in [-0.2, -0.15) is 0 Å². The van der Waals surface area contributed by atoms with Crippen LogP contribution >= 0.6 is 0 Å². The van der Waals surface area contributed by atoms with Crippen molar-refractivity contribution in [3.63, 3.8) is 0 Å². The first-order valence-corrected chi connectivity index (χ1v) is 10.4. The van der Waals surface area contributed by atoms with Gasteiger partial charge in [0.1, 0.15) is 22.5 Å². The second-order valence-electron chi connectivity index (χ2n) is 7.40. The lowest BCUT2D eigenvalue weighted by atomic mass is 10.0. The maximum absolute atomic E-state index is 12.9. The minimum atomic E-state index is -1.48. The lowest BCUT2D eigenvalue weighted by Gasteiger charge is -2.30. The van der Waals surface area contributed by atoms with Crippen molar-refractivity contribution in [1.82, 2.24) is 9.21 Å². The summed E-state index contributed by atoms with van der Waals surface area (Å²) in [5.74, 6) is -0.184. The van der Waals surface area contributed by atoms with Crippen molar-refractivity contribution >= 4 is 16.7 Å². The van der Waals surface area contributed by atoms with E-state index in [9.17, 15) is 14.4 Å². The molecule has 2 aliphatic rings. The van der Waals surface area contributed by atoms with Crippen molar-refractivity contribution in [2.45, 2.75) is 36.9 Å².